The Balaban J connectivity index is 2.33. The van der Waals surface area contributed by atoms with Crippen molar-refractivity contribution in [3.05, 3.63) is 75.5 Å². The summed E-state index contributed by atoms with van der Waals surface area (Å²) in [5.41, 5.74) is 3.01. The van der Waals surface area contributed by atoms with Crippen LogP contribution in [-0.2, 0) is 6.42 Å². The predicted molar refractivity (Wildman–Crippen MR) is 114 cm³/mol. The third-order valence-electron chi connectivity index (χ3n) is 5.04. The van der Waals surface area contributed by atoms with Crippen LogP contribution in [0, 0.1) is 18.7 Å². The largest absolute Gasteiger partial charge is 0.504 e. The van der Waals surface area contributed by atoms with E-state index < -0.39 is 11.6 Å². The highest BCUT2D eigenvalue weighted by molar-refractivity contribution is 5.66. The molecule has 0 radical (unpaired) electrons. The van der Waals surface area contributed by atoms with E-state index in [1.54, 1.807) is 13.0 Å². The summed E-state index contributed by atoms with van der Waals surface area (Å²) in [6.45, 7) is 10.1. The van der Waals surface area contributed by atoms with Crippen LogP contribution in [-0.4, -0.2) is 14.7 Å². The molecule has 5 heteroatoms. The van der Waals surface area contributed by atoms with Crippen molar-refractivity contribution in [2.24, 2.45) is 5.92 Å². The number of para-hydroxylation sites is 1. The number of hydrogen-bond donors (Lipinski definition) is 1. The summed E-state index contributed by atoms with van der Waals surface area (Å²) in [5, 5.41) is 10.3. The van der Waals surface area contributed by atoms with Crippen LogP contribution in [0.15, 0.2) is 47.3 Å². The molecule has 4 nitrogen and oxygen atoms in total. The zero-order valence-corrected chi connectivity index (χ0v) is 17.5. The molecule has 0 fully saturated rings. The molecule has 1 heterocycles. The van der Waals surface area contributed by atoms with E-state index in [1.165, 1.54) is 16.7 Å². The molecule has 29 heavy (non-hydrogen) atoms. The second kappa shape index (κ2) is 8.19. The lowest BCUT2D eigenvalue weighted by molar-refractivity contribution is 0.434. The Morgan fingerprint density at radius 3 is 2.31 bits per heavy atom. The zero-order valence-electron chi connectivity index (χ0n) is 17.5. The maximum absolute atomic E-state index is 14.0. The van der Waals surface area contributed by atoms with Crippen molar-refractivity contribution >= 4 is 0 Å². The number of halogens is 1. The van der Waals surface area contributed by atoms with E-state index in [2.05, 4.69) is 18.8 Å². The predicted octanol–water partition coefficient (Wildman–Crippen LogP) is 5.37. The number of aromatic hydroxyl groups is 1. The van der Waals surface area contributed by atoms with Crippen LogP contribution >= 0.6 is 0 Å². The van der Waals surface area contributed by atoms with Gasteiger partial charge in [0.15, 0.2) is 17.4 Å². The summed E-state index contributed by atoms with van der Waals surface area (Å²) in [4.78, 5) is 18.1. The van der Waals surface area contributed by atoms with Crippen molar-refractivity contribution in [3.63, 3.8) is 0 Å². The molecule has 1 N–H and O–H groups in total. The Hall–Kier alpha value is -2.95. The first-order chi connectivity index (χ1) is 13.7. The molecular weight excluding hydrogens is 367 g/mol. The van der Waals surface area contributed by atoms with Crippen molar-refractivity contribution in [2.75, 3.05) is 0 Å². The van der Waals surface area contributed by atoms with E-state index in [0.29, 0.717) is 29.3 Å². The smallest absolute Gasteiger partial charge is 0.261 e. The van der Waals surface area contributed by atoms with Crippen LogP contribution in [0.4, 0.5) is 4.39 Å². The van der Waals surface area contributed by atoms with Crippen molar-refractivity contribution in [1.82, 2.24) is 9.55 Å². The van der Waals surface area contributed by atoms with Crippen LogP contribution in [0.2, 0.25) is 0 Å². The van der Waals surface area contributed by atoms with Crippen LogP contribution in [0.1, 0.15) is 50.4 Å². The summed E-state index contributed by atoms with van der Waals surface area (Å²) < 4.78 is 15.5. The molecule has 0 aliphatic rings. The Kier molecular flexibility index (Phi) is 5.87. The summed E-state index contributed by atoms with van der Waals surface area (Å²) in [7, 11) is 0. The van der Waals surface area contributed by atoms with Crippen molar-refractivity contribution in [3.8, 4) is 22.8 Å². The van der Waals surface area contributed by atoms with Crippen molar-refractivity contribution < 1.29 is 9.50 Å². The molecule has 0 saturated heterocycles. The summed E-state index contributed by atoms with van der Waals surface area (Å²) in [5.74, 6) is -0.381. The van der Waals surface area contributed by atoms with Gasteiger partial charge in [0.1, 0.15) is 0 Å². The molecule has 2 aromatic carbocycles. The van der Waals surface area contributed by atoms with E-state index in [0.717, 1.165) is 5.56 Å². The minimum atomic E-state index is -0.748. The van der Waals surface area contributed by atoms with E-state index in [4.69, 9.17) is 0 Å². The van der Waals surface area contributed by atoms with Gasteiger partial charge in [0, 0.05) is 11.3 Å². The molecule has 3 rings (SSSR count). The normalized spacial score (nSPS) is 11.4. The van der Waals surface area contributed by atoms with Gasteiger partial charge in [0.25, 0.3) is 5.56 Å². The first-order valence-corrected chi connectivity index (χ1v) is 9.91. The van der Waals surface area contributed by atoms with Gasteiger partial charge in [-0.05, 0) is 55.0 Å². The van der Waals surface area contributed by atoms with Crippen LogP contribution in [0.3, 0.4) is 0 Å². The molecule has 0 atom stereocenters. The number of hydrogen-bond acceptors (Lipinski definition) is 3. The topological polar surface area (TPSA) is 55.1 Å². The van der Waals surface area contributed by atoms with Gasteiger partial charge in [0.2, 0.25) is 0 Å². The minimum Gasteiger partial charge on any atom is -0.504 e. The molecule has 0 aliphatic heterocycles. The molecule has 3 aromatic rings. The van der Waals surface area contributed by atoms with Gasteiger partial charge in [-0.3, -0.25) is 9.36 Å². The first-order valence-electron chi connectivity index (χ1n) is 9.91. The second-order valence-electron chi connectivity index (χ2n) is 8.12. The third-order valence-corrected chi connectivity index (χ3v) is 5.04. The number of phenolic OH excluding ortho intramolecular Hbond substituents is 1. The van der Waals surface area contributed by atoms with E-state index in [9.17, 15) is 14.3 Å². The maximum Gasteiger partial charge on any atom is 0.261 e. The molecule has 0 unspecified atom stereocenters. The number of rotatable bonds is 5. The average Bonchev–Trinajstić information content (AvgIpc) is 2.67. The second-order valence-corrected chi connectivity index (χ2v) is 8.12. The minimum absolute atomic E-state index is 0.189. The first kappa shape index (κ1) is 20.8. The molecule has 0 aliphatic carbocycles. The Bertz CT molecular complexity index is 1080. The molecule has 152 valence electrons. The standard InChI is InChI=1S/C24H27FN2O2/c1-14(2)13-20-16(5)26-23(19-7-6-8-21(25)22(19)28)27(24(20)29)18-11-9-17(10-12-18)15(3)4/h6-12,14-15,28H,13H2,1-5H3. The fourth-order valence-corrected chi connectivity index (χ4v) is 3.43. The number of aromatic nitrogens is 2. The fourth-order valence-electron chi connectivity index (χ4n) is 3.43. The average molecular weight is 394 g/mol. The van der Waals surface area contributed by atoms with E-state index >= 15 is 0 Å². The Morgan fingerprint density at radius 1 is 1.07 bits per heavy atom. The van der Waals surface area contributed by atoms with Crippen molar-refractivity contribution in [1.29, 1.82) is 0 Å². The molecule has 0 spiro atoms. The van der Waals surface area contributed by atoms with Gasteiger partial charge in [-0.15, -0.1) is 0 Å². The van der Waals surface area contributed by atoms with Gasteiger partial charge < -0.3 is 5.11 Å². The SMILES string of the molecule is Cc1nc(-c2cccc(F)c2O)n(-c2ccc(C(C)C)cc2)c(=O)c1CC(C)C. The Morgan fingerprint density at radius 2 is 1.72 bits per heavy atom. The number of aryl methyl sites for hydroxylation is 1. The lowest BCUT2D eigenvalue weighted by atomic mass is 10.0. The summed E-state index contributed by atoms with van der Waals surface area (Å²) in [6, 6.07) is 11.9. The lowest BCUT2D eigenvalue weighted by Crippen LogP contribution is -2.27. The number of nitrogens with zero attached hydrogens (tertiary/aromatic N) is 2. The third kappa shape index (κ3) is 4.09. The molecule has 1 aromatic heterocycles. The molecule has 0 saturated carbocycles. The van der Waals surface area contributed by atoms with Gasteiger partial charge in [-0.25, -0.2) is 9.37 Å². The van der Waals surface area contributed by atoms with Crippen LogP contribution < -0.4 is 5.56 Å². The van der Waals surface area contributed by atoms with Gasteiger partial charge >= 0.3 is 0 Å². The number of phenols is 1. The molecular formula is C24H27FN2O2. The summed E-state index contributed by atoms with van der Waals surface area (Å²) >= 11 is 0. The maximum atomic E-state index is 14.0. The highest BCUT2D eigenvalue weighted by Gasteiger charge is 2.21. The van der Waals surface area contributed by atoms with Crippen LogP contribution in [0.25, 0.3) is 17.1 Å². The van der Waals surface area contributed by atoms with Gasteiger partial charge in [0.05, 0.1) is 11.3 Å². The summed E-state index contributed by atoms with van der Waals surface area (Å²) in [6.07, 6.45) is 0.594. The Labute approximate surface area is 170 Å². The molecule has 0 amide bonds. The molecule has 0 bridgehead atoms. The zero-order chi connectivity index (χ0) is 21.3. The fraction of sp³-hybridized carbons (Fsp3) is 0.333. The number of benzene rings is 2. The van der Waals surface area contributed by atoms with Gasteiger partial charge in [-0.2, -0.15) is 0 Å². The highest BCUT2D eigenvalue weighted by atomic mass is 19.1. The highest BCUT2D eigenvalue weighted by Crippen LogP contribution is 2.31. The monoisotopic (exact) mass is 394 g/mol. The van der Waals surface area contributed by atoms with E-state index in [-0.39, 0.29) is 22.9 Å². The quantitative estimate of drug-likeness (QED) is 0.632. The van der Waals surface area contributed by atoms with Crippen molar-refractivity contribution in [2.45, 2.75) is 47.0 Å². The van der Waals surface area contributed by atoms with E-state index in [1.807, 2.05) is 38.1 Å². The lowest BCUT2D eigenvalue weighted by Gasteiger charge is -2.18. The van der Waals surface area contributed by atoms with Gasteiger partial charge in [-0.1, -0.05) is 45.9 Å². The van der Waals surface area contributed by atoms with Crippen LogP contribution in [0.5, 0.6) is 5.75 Å².